The zero-order valence-corrected chi connectivity index (χ0v) is 8.94. The second-order valence-electron chi connectivity index (χ2n) is 4.30. The van der Waals surface area contributed by atoms with Crippen molar-refractivity contribution in [1.82, 2.24) is 4.98 Å². The third kappa shape index (κ3) is 1.25. The number of nitrogen functional groups attached to an aromatic ring is 1. The lowest BCUT2D eigenvalue weighted by atomic mass is 9.74. The predicted octanol–water partition coefficient (Wildman–Crippen LogP) is 1.91. The van der Waals surface area contributed by atoms with Crippen molar-refractivity contribution in [3.63, 3.8) is 0 Å². The summed E-state index contributed by atoms with van der Waals surface area (Å²) in [5.74, 6) is 0. The molecule has 16 heavy (non-hydrogen) atoms. The minimum Gasteiger partial charge on any atom is -0.399 e. The standard InChI is InChI=1S/C13H14N2O/c14-12-3-1-2-10(6-12)13(8-16-9-13)11-4-5-15-7-11/h1-7,15H,8-9,14H2. The number of hydrogen-bond acceptors (Lipinski definition) is 2. The van der Waals surface area contributed by atoms with Crippen LogP contribution in [0.5, 0.6) is 0 Å². The molecule has 3 nitrogen and oxygen atoms in total. The number of aromatic nitrogens is 1. The minimum absolute atomic E-state index is 0.00458. The molecule has 1 fully saturated rings. The smallest absolute Gasteiger partial charge is 0.0685 e. The number of H-pyrrole nitrogens is 1. The van der Waals surface area contributed by atoms with Crippen LogP contribution in [-0.4, -0.2) is 18.2 Å². The van der Waals surface area contributed by atoms with Gasteiger partial charge in [-0.2, -0.15) is 0 Å². The molecule has 0 saturated carbocycles. The van der Waals surface area contributed by atoms with E-state index in [1.165, 1.54) is 11.1 Å². The van der Waals surface area contributed by atoms with Gasteiger partial charge in [0.15, 0.2) is 0 Å². The Kier molecular flexibility index (Phi) is 2.01. The zero-order chi connectivity index (χ0) is 11.0. The first-order valence-corrected chi connectivity index (χ1v) is 5.38. The lowest BCUT2D eigenvalue weighted by Gasteiger charge is -2.41. The molecule has 82 valence electrons. The van der Waals surface area contributed by atoms with Gasteiger partial charge in [0.25, 0.3) is 0 Å². The van der Waals surface area contributed by atoms with E-state index in [0.29, 0.717) is 0 Å². The van der Waals surface area contributed by atoms with E-state index in [9.17, 15) is 0 Å². The van der Waals surface area contributed by atoms with Gasteiger partial charge in [0, 0.05) is 18.1 Å². The van der Waals surface area contributed by atoms with Gasteiger partial charge in [0.1, 0.15) is 0 Å². The van der Waals surface area contributed by atoms with Crippen LogP contribution in [0.3, 0.4) is 0 Å². The second kappa shape index (κ2) is 3.39. The van der Waals surface area contributed by atoms with Crippen molar-refractivity contribution in [1.29, 1.82) is 0 Å². The van der Waals surface area contributed by atoms with E-state index in [2.05, 4.69) is 17.1 Å². The number of rotatable bonds is 2. The van der Waals surface area contributed by atoms with Gasteiger partial charge in [-0.25, -0.2) is 0 Å². The molecule has 2 heterocycles. The second-order valence-corrected chi connectivity index (χ2v) is 4.30. The quantitative estimate of drug-likeness (QED) is 0.750. The fraction of sp³-hybridized carbons (Fsp3) is 0.231. The van der Waals surface area contributed by atoms with Gasteiger partial charge in [0.2, 0.25) is 0 Å². The van der Waals surface area contributed by atoms with Crippen LogP contribution in [0.4, 0.5) is 5.69 Å². The molecule has 0 amide bonds. The van der Waals surface area contributed by atoms with Gasteiger partial charge < -0.3 is 15.5 Å². The number of hydrogen-bond donors (Lipinski definition) is 2. The van der Waals surface area contributed by atoms with Crippen LogP contribution >= 0.6 is 0 Å². The van der Waals surface area contributed by atoms with Gasteiger partial charge >= 0.3 is 0 Å². The Morgan fingerprint density at radius 3 is 2.62 bits per heavy atom. The normalized spacial score (nSPS) is 18.0. The van der Waals surface area contributed by atoms with Crippen LogP contribution in [0.25, 0.3) is 0 Å². The minimum atomic E-state index is -0.00458. The Hall–Kier alpha value is -1.74. The van der Waals surface area contributed by atoms with Crippen molar-refractivity contribution in [3.8, 4) is 0 Å². The molecular formula is C13H14N2O. The summed E-state index contributed by atoms with van der Waals surface area (Å²) >= 11 is 0. The first-order valence-electron chi connectivity index (χ1n) is 5.38. The summed E-state index contributed by atoms with van der Waals surface area (Å²) in [5.41, 5.74) is 9.14. The molecule has 0 spiro atoms. The van der Waals surface area contributed by atoms with Crippen LogP contribution in [0, 0.1) is 0 Å². The van der Waals surface area contributed by atoms with Gasteiger partial charge in [-0.1, -0.05) is 12.1 Å². The summed E-state index contributed by atoms with van der Waals surface area (Å²) in [6, 6.07) is 10.2. The third-order valence-electron chi connectivity index (χ3n) is 3.29. The number of aromatic amines is 1. The van der Waals surface area contributed by atoms with Gasteiger partial charge in [-0.05, 0) is 29.3 Å². The van der Waals surface area contributed by atoms with Crippen LogP contribution in [0.2, 0.25) is 0 Å². The summed E-state index contributed by atoms with van der Waals surface area (Å²) in [6.07, 6.45) is 3.98. The molecule has 0 unspecified atom stereocenters. The van der Waals surface area contributed by atoms with Crippen molar-refractivity contribution >= 4 is 5.69 Å². The van der Waals surface area contributed by atoms with E-state index in [-0.39, 0.29) is 5.41 Å². The first-order chi connectivity index (χ1) is 7.81. The summed E-state index contributed by atoms with van der Waals surface area (Å²) in [7, 11) is 0. The molecule has 1 aromatic carbocycles. The predicted molar refractivity (Wildman–Crippen MR) is 63.2 cm³/mol. The van der Waals surface area contributed by atoms with Crippen molar-refractivity contribution in [3.05, 3.63) is 53.9 Å². The average molecular weight is 214 g/mol. The molecule has 0 bridgehead atoms. The molecular weight excluding hydrogens is 200 g/mol. The van der Waals surface area contributed by atoms with Crippen LogP contribution in [0.15, 0.2) is 42.7 Å². The summed E-state index contributed by atoms with van der Waals surface area (Å²) in [4.78, 5) is 3.10. The fourth-order valence-corrected chi connectivity index (χ4v) is 2.26. The number of benzene rings is 1. The van der Waals surface area contributed by atoms with Crippen molar-refractivity contribution < 1.29 is 4.74 Å². The van der Waals surface area contributed by atoms with Crippen LogP contribution in [0.1, 0.15) is 11.1 Å². The van der Waals surface area contributed by atoms with Crippen molar-refractivity contribution in [2.45, 2.75) is 5.41 Å². The number of anilines is 1. The summed E-state index contributed by atoms with van der Waals surface area (Å²) in [5, 5.41) is 0. The zero-order valence-electron chi connectivity index (χ0n) is 8.94. The van der Waals surface area contributed by atoms with Crippen LogP contribution < -0.4 is 5.73 Å². The van der Waals surface area contributed by atoms with Crippen LogP contribution in [-0.2, 0) is 10.2 Å². The van der Waals surface area contributed by atoms with Crippen molar-refractivity contribution in [2.75, 3.05) is 18.9 Å². The highest BCUT2D eigenvalue weighted by Crippen LogP contribution is 2.39. The lowest BCUT2D eigenvalue weighted by Crippen LogP contribution is -2.47. The summed E-state index contributed by atoms with van der Waals surface area (Å²) in [6.45, 7) is 1.46. The molecule has 1 aliphatic rings. The molecule has 1 aromatic heterocycles. The molecule has 0 aliphatic carbocycles. The number of ether oxygens (including phenoxy) is 1. The van der Waals surface area contributed by atoms with Gasteiger partial charge in [-0.3, -0.25) is 0 Å². The Balaban J connectivity index is 2.09. The van der Waals surface area contributed by atoms with E-state index in [0.717, 1.165) is 18.9 Å². The number of nitrogens with one attached hydrogen (secondary N) is 1. The maximum Gasteiger partial charge on any atom is 0.0685 e. The molecule has 1 aliphatic heterocycles. The highest BCUT2D eigenvalue weighted by Gasteiger charge is 2.42. The maximum atomic E-state index is 5.84. The topological polar surface area (TPSA) is 51.0 Å². The largest absolute Gasteiger partial charge is 0.399 e. The maximum absolute atomic E-state index is 5.84. The Morgan fingerprint density at radius 1 is 1.19 bits per heavy atom. The van der Waals surface area contributed by atoms with Gasteiger partial charge in [0.05, 0.1) is 18.6 Å². The van der Waals surface area contributed by atoms with E-state index in [4.69, 9.17) is 10.5 Å². The first kappa shape index (κ1) is 9.48. The average Bonchev–Trinajstić information content (AvgIpc) is 2.70. The molecule has 3 rings (SSSR count). The Labute approximate surface area is 94.2 Å². The van der Waals surface area contributed by atoms with E-state index in [1.807, 2.05) is 30.6 Å². The third-order valence-corrected chi connectivity index (χ3v) is 3.29. The SMILES string of the molecule is Nc1cccc(C2(c3cc[nH]c3)COC2)c1. The fourth-order valence-electron chi connectivity index (χ4n) is 2.26. The Morgan fingerprint density at radius 2 is 2.06 bits per heavy atom. The highest BCUT2D eigenvalue weighted by molar-refractivity contribution is 5.48. The highest BCUT2D eigenvalue weighted by atomic mass is 16.5. The molecule has 1 saturated heterocycles. The van der Waals surface area contributed by atoms with E-state index >= 15 is 0 Å². The lowest BCUT2D eigenvalue weighted by molar-refractivity contribution is -0.0379. The molecule has 3 heteroatoms. The van der Waals surface area contributed by atoms with Gasteiger partial charge in [-0.15, -0.1) is 0 Å². The Bertz CT molecular complexity index is 486. The van der Waals surface area contributed by atoms with E-state index in [1.54, 1.807) is 0 Å². The van der Waals surface area contributed by atoms with E-state index < -0.39 is 0 Å². The van der Waals surface area contributed by atoms with Crippen molar-refractivity contribution in [2.24, 2.45) is 0 Å². The monoisotopic (exact) mass is 214 g/mol. The molecule has 3 N–H and O–H groups in total. The molecule has 2 aromatic rings. The molecule has 0 atom stereocenters. The number of nitrogens with two attached hydrogens (primary N) is 1. The summed E-state index contributed by atoms with van der Waals surface area (Å²) < 4.78 is 5.40. The molecule has 0 radical (unpaired) electrons.